The van der Waals surface area contributed by atoms with Gasteiger partial charge < -0.3 is 5.32 Å². The van der Waals surface area contributed by atoms with Crippen LogP contribution < -0.4 is 5.32 Å². The van der Waals surface area contributed by atoms with E-state index in [-0.39, 0.29) is 5.91 Å². The van der Waals surface area contributed by atoms with Crippen LogP contribution in [0, 0.1) is 20.8 Å². The van der Waals surface area contributed by atoms with Crippen LogP contribution >= 0.6 is 0 Å². The third kappa shape index (κ3) is 3.22. The molecule has 0 aliphatic rings. The molecule has 2 nitrogen and oxygen atoms in total. The van der Waals surface area contributed by atoms with Gasteiger partial charge in [0.1, 0.15) is 0 Å². The molecule has 2 rings (SSSR count). The highest BCUT2D eigenvalue weighted by atomic mass is 16.1. The van der Waals surface area contributed by atoms with Crippen LogP contribution in [0.1, 0.15) is 32.6 Å². The molecular formula is C17H19NO. The van der Waals surface area contributed by atoms with E-state index in [2.05, 4.69) is 5.32 Å². The van der Waals surface area contributed by atoms with Gasteiger partial charge in [-0.05, 0) is 37.5 Å². The second-order valence-electron chi connectivity index (χ2n) is 4.94. The van der Waals surface area contributed by atoms with Crippen LogP contribution in [0.15, 0.2) is 42.5 Å². The topological polar surface area (TPSA) is 29.1 Å². The molecule has 2 heteroatoms. The van der Waals surface area contributed by atoms with Gasteiger partial charge in [0.05, 0.1) is 0 Å². The van der Waals surface area contributed by atoms with Crippen LogP contribution in [0.5, 0.6) is 0 Å². The van der Waals surface area contributed by atoms with E-state index in [1.54, 1.807) is 0 Å². The maximum Gasteiger partial charge on any atom is 0.252 e. The maximum absolute atomic E-state index is 12.3. The van der Waals surface area contributed by atoms with E-state index in [0.29, 0.717) is 6.54 Å². The average molecular weight is 253 g/mol. The van der Waals surface area contributed by atoms with Gasteiger partial charge in [0.25, 0.3) is 5.91 Å². The Hall–Kier alpha value is -2.09. The van der Waals surface area contributed by atoms with Gasteiger partial charge in [0.15, 0.2) is 0 Å². The molecule has 0 unspecified atom stereocenters. The quantitative estimate of drug-likeness (QED) is 0.890. The van der Waals surface area contributed by atoms with Crippen molar-refractivity contribution in [3.63, 3.8) is 0 Å². The molecule has 19 heavy (non-hydrogen) atoms. The number of hydrogen-bond donors (Lipinski definition) is 1. The standard InChI is InChI=1S/C17H19NO/c1-12-9-13(2)16(14(3)10-12)17(19)18-11-15-7-5-4-6-8-15/h4-10H,11H2,1-3H3,(H,18,19). The highest BCUT2D eigenvalue weighted by Gasteiger charge is 2.12. The Bertz CT molecular complexity index is 564. The summed E-state index contributed by atoms with van der Waals surface area (Å²) in [6.07, 6.45) is 0. The van der Waals surface area contributed by atoms with Gasteiger partial charge in [-0.25, -0.2) is 0 Å². The van der Waals surface area contributed by atoms with Crippen LogP contribution in [0.4, 0.5) is 0 Å². The van der Waals surface area contributed by atoms with Gasteiger partial charge in [-0.2, -0.15) is 0 Å². The molecule has 2 aromatic rings. The van der Waals surface area contributed by atoms with Crippen LogP contribution in [0.2, 0.25) is 0 Å². The summed E-state index contributed by atoms with van der Waals surface area (Å²) >= 11 is 0. The molecule has 0 spiro atoms. The predicted octanol–water partition coefficient (Wildman–Crippen LogP) is 3.54. The minimum absolute atomic E-state index is 0.00106. The first kappa shape index (κ1) is 13.3. The molecule has 0 saturated heterocycles. The first-order chi connectivity index (χ1) is 9.08. The zero-order valence-corrected chi connectivity index (χ0v) is 11.7. The second kappa shape index (κ2) is 5.70. The molecule has 0 radical (unpaired) electrons. The molecular weight excluding hydrogens is 234 g/mol. The summed E-state index contributed by atoms with van der Waals surface area (Å²) in [5.41, 5.74) is 5.15. The Labute approximate surface area is 114 Å². The number of benzene rings is 2. The third-order valence-electron chi connectivity index (χ3n) is 3.20. The molecule has 0 aromatic heterocycles. The summed E-state index contributed by atoms with van der Waals surface area (Å²) in [4.78, 5) is 12.3. The van der Waals surface area contributed by atoms with Crippen molar-refractivity contribution >= 4 is 5.91 Å². The SMILES string of the molecule is Cc1cc(C)c(C(=O)NCc2ccccc2)c(C)c1. The molecule has 1 N–H and O–H groups in total. The van der Waals surface area contributed by atoms with Gasteiger partial charge >= 0.3 is 0 Å². The van der Waals surface area contributed by atoms with Gasteiger partial charge in [-0.1, -0.05) is 48.0 Å². The summed E-state index contributed by atoms with van der Waals surface area (Å²) in [6.45, 7) is 6.58. The summed E-state index contributed by atoms with van der Waals surface area (Å²) in [7, 11) is 0. The van der Waals surface area contributed by atoms with Crippen molar-refractivity contribution < 1.29 is 4.79 Å². The predicted molar refractivity (Wildman–Crippen MR) is 78.3 cm³/mol. The Morgan fingerprint density at radius 3 is 2.16 bits per heavy atom. The lowest BCUT2D eigenvalue weighted by molar-refractivity contribution is 0.0949. The van der Waals surface area contributed by atoms with Crippen LogP contribution in [0.3, 0.4) is 0 Å². The number of aryl methyl sites for hydroxylation is 3. The largest absolute Gasteiger partial charge is 0.348 e. The molecule has 0 heterocycles. The molecule has 0 saturated carbocycles. The first-order valence-corrected chi connectivity index (χ1v) is 6.48. The second-order valence-corrected chi connectivity index (χ2v) is 4.94. The minimum atomic E-state index is -0.00106. The van der Waals surface area contributed by atoms with E-state index < -0.39 is 0 Å². The Morgan fingerprint density at radius 1 is 1.00 bits per heavy atom. The normalized spacial score (nSPS) is 10.3. The Kier molecular flexibility index (Phi) is 4.00. The summed E-state index contributed by atoms with van der Waals surface area (Å²) in [5, 5.41) is 2.98. The van der Waals surface area contributed by atoms with E-state index >= 15 is 0 Å². The average Bonchev–Trinajstić information content (AvgIpc) is 2.36. The monoisotopic (exact) mass is 253 g/mol. The van der Waals surface area contributed by atoms with E-state index in [4.69, 9.17) is 0 Å². The molecule has 0 atom stereocenters. The number of nitrogens with one attached hydrogen (secondary N) is 1. The molecule has 0 aliphatic heterocycles. The Balaban J connectivity index is 2.13. The lowest BCUT2D eigenvalue weighted by Crippen LogP contribution is -2.24. The molecule has 1 amide bonds. The fraction of sp³-hybridized carbons (Fsp3) is 0.235. The molecule has 0 bridgehead atoms. The van der Waals surface area contributed by atoms with Crippen molar-refractivity contribution in [2.45, 2.75) is 27.3 Å². The minimum Gasteiger partial charge on any atom is -0.348 e. The van der Waals surface area contributed by atoms with Crippen LogP contribution in [0.25, 0.3) is 0 Å². The zero-order chi connectivity index (χ0) is 13.8. The summed E-state index contributed by atoms with van der Waals surface area (Å²) in [6, 6.07) is 14.0. The summed E-state index contributed by atoms with van der Waals surface area (Å²) in [5.74, 6) is -0.00106. The first-order valence-electron chi connectivity index (χ1n) is 6.48. The molecule has 0 fully saturated rings. The molecule has 0 aliphatic carbocycles. The van der Waals surface area contributed by atoms with Gasteiger partial charge in [-0.15, -0.1) is 0 Å². The smallest absolute Gasteiger partial charge is 0.252 e. The third-order valence-corrected chi connectivity index (χ3v) is 3.20. The van der Waals surface area contributed by atoms with Gasteiger partial charge in [0.2, 0.25) is 0 Å². The van der Waals surface area contributed by atoms with Crippen molar-refractivity contribution in [1.29, 1.82) is 0 Å². The lowest BCUT2D eigenvalue weighted by atomic mass is 9.99. The number of carbonyl (C=O) groups is 1. The van der Waals surface area contributed by atoms with E-state index in [9.17, 15) is 4.79 Å². The van der Waals surface area contributed by atoms with Crippen molar-refractivity contribution in [2.24, 2.45) is 0 Å². The fourth-order valence-electron chi connectivity index (χ4n) is 2.40. The number of carbonyl (C=O) groups excluding carboxylic acids is 1. The van der Waals surface area contributed by atoms with Gasteiger partial charge in [-0.3, -0.25) is 4.79 Å². The zero-order valence-electron chi connectivity index (χ0n) is 11.7. The number of rotatable bonds is 3. The van der Waals surface area contributed by atoms with E-state index in [1.165, 1.54) is 5.56 Å². The lowest BCUT2D eigenvalue weighted by Gasteiger charge is -2.11. The van der Waals surface area contributed by atoms with Crippen molar-refractivity contribution in [2.75, 3.05) is 0 Å². The van der Waals surface area contributed by atoms with Gasteiger partial charge in [0, 0.05) is 12.1 Å². The van der Waals surface area contributed by atoms with Crippen molar-refractivity contribution in [3.8, 4) is 0 Å². The van der Waals surface area contributed by atoms with Crippen molar-refractivity contribution in [1.82, 2.24) is 5.32 Å². The van der Waals surface area contributed by atoms with Crippen molar-refractivity contribution in [3.05, 3.63) is 70.3 Å². The number of amides is 1. The maximum atomic E-state index is 12.3. The highest BCUT2D eigenvalue weighted by molar-refractivity contribution is 5.97. The highest BCUT2D eigenvalue weighted by Crippen LogP contribution is 2.16. The van der Waals surface area contributed by atoms with E-state index in [0.717, 1.165) is 22.3 Å². The fourth-order valence-corrected chi connectivity index (χ4v) is 2.40. The Morgan fingerprint density at radius 2 is 1.58 bits per heavy atom. The van der Waals surface area contributed by atoms with E-state index in [1.807, 2.05) is 63.2 Å². The van der Waals surface area contributed by atoms with Crippen LogP contribution in [-0.4, -0.2) is 5.91 Å². The number of hydrogen-bond acceptors (Lipinski definition) is 1. The summed E-state index contributed by atoms with van der Waals surface area (Å²) < 4.78 is 0. The van der Waals surface area contributed by atoms with Crippen LogP contribution in [-0.2, 0) is 6.54 Å². The molecule has 2 aromatic carbocycles. The molecule has 98 valence electrons.